The molecule has 3 rings (SSSR count). The van der Waals surface area contributed by atoms with Gasteiger partial charge in [0.25, 0.3) is 0 Å². The first-order valence-corrected chi connectivity index (χ1v) is 6.47. The minimum atomic E-state index is -1.51. The Balaban J connectivity index is 2.26. The van der Waals surface area contributed by atoms with E-state index in [-0.39, 0.29) is 17.2 Å². The number of nitrogens with zero attached hydrogens (tertiary/aromatic N) is 4. The molecular weight excluding hydrogens is 276 g/mol. The van der Waals surface area contributed by atoms with Crippen molar-refractivity contribution in [1.29, 1.82) is 0 Å². The maximum absolute atomic E-state index is 12.2. The van der Waals surface area contributed by atoms with Crippen LogP contribution in [0.5, 0.6) is 5.75 Å². The number of carboxylic acid groups (broad SMARTS) is 1. The molecule has 1 fully saturated rings. The van der Waals surface area contributed by atoms with E-state index < -0.39 is 11.6 Å². The van der Waals surface area contributed by atoms with Gasteiger partial charge in [-0.2, -0.15) is 4.98 Å². The number of pyridine rings is 1. The Kier molecular flexibility index (Phi) is 3.00. The molecule has 110 valence electrons. The number of ether oxygens (including phenoxy) is 1. The fraction of sp³-hybridized carbons (Fsp3) is 0.385. The van der Waals surface area contributed by atoms with Gasteiger partial charge < -0.3 is 19.3 Å². The van der Waals surface area contributed by atoms with Crippen LogP contribution in [0.25, 0.3) is 11.0 Å². The van der Waals surface area contributed by atoms with Gasteiger partial charge in [0.05, 0.1) is 11.6 Å². The van der Waals surface area contributed by atoms with E-state index in [1.54, 1.807) is 9.47 Å². The van der Waals surface area contributed by atoms with E-state index in [2.05, 4.69) is 14.7 Å². The summed E-state index contributed by atoms with van der Waals surface area (Å²) < 4.78 is 6.36. The first-order valence-electron chi connectivity index (χ1n) is 6.47. The summed E-state index contributed by atoms with van der Waals surface area (Å²) in [6.07, 6.45) is 3.24. The Hall–Kier alpha value is -2.64. The summed E-state index contributed by atoms with van der Waals surface area (Å²) in [6.45, 7) is 0. The predicted octanol–water partition coefficient (Wildman–Crippen LogP) is 1.25. The summed E-state index contributed by atoms with van der Waals surface area (Å²) in [4.78, 5) is 33.2. The third-order valence-corrected chi connectivity index (χ3v) is 3.26. The number of carbonyl (C=O) groups is 1. The number of hydrogen-bond acceptors (Lipinski definition) is 6. The number of rotatable bonds is 3. The van der Waals surface area contributed by atoms with Gasteiger partial charge in [-0.05, 0) is 12.8 Å². The molecule has 0 aromatic carbocycles. The van der Waals surface area contributed by atoms with Crippen LogP contribution in [0.15, 0.2) is 17.2 Å². The monoisotopic (exact) mass is 290 g/mol. The van der Waals surface area contributed by atoms with Crippen molar-refractivity contribution in [2.75, 3.05) is 19.0 Å². The van der Waals surface area contributed by atoms with Crippen LogP contribution in [0.2, 0.25) is 0 Å². The number of hydrogen-bond donors (Lipinski definition) is 1. The van der Waals surface area contributed by atoms with E-state index in [0.29, 0.717) is 11.6 Å². The maximum atomic E-state index is 12.2. The highest BCUT2D eigenvalue weighted by molar-refractivity contribution is 5.78. The molecule has 1 aliphatic carbocycles. The fourth-order valence-corrected chi connectivity index (χ4v) is 2.11. The van der Waals surface area contributed by atoms with Gasteiger partial charge in [-0.1, -0.05) is 0 Å². The fourth-order valence-electron chi connectivity index (χ4n) is 2.11. The highest BCUT2D eigenvalue weighted by atomic mass is 16.7. The highest BCUT2D eigenvalue weighted by Gasteiger charge is 2.27. The minimum Gasteiger partial charge on any atom is -0.449 e. The summed E-state index contributed by atoms with van der Waals surface area (Å²) in [5.41, 5.74) is -0.0199. The Morgan fingerprint density at radius 1 is 1.48 bits per heavy atom. The SMILES string of the molecule is CN(C)c1ncc2c(=O)c(OC(=O)O)cn(C3CC3)c2n1. The van der Waals surface area contributed by atoms with Crippen LogP contribution in [-0.2, 0) is 0 Å². The van der Waals surface area contributed by atoms with Crippen molar-refractivity contribution in [3.8, 4) is 5.75 Å². The van der Waals surface area contributed by atoms with Crippen molar-refractivity contribution in [3.63, 3.8) is 0 Å². The minimum absolute atomic E-state index is 0.217. The molecule has 1 saturated carbocycles. The van der Waals surface area contributed by atoms with Crippen molar-refractivity contribution < 1.29 is 14.6 Å². The second-order valence-electron chi connectivity index (χ2n) is 5.13. The van der Waals surface area contributed by atoms with Crippen LogP contribution >= 0.6 is 0 Å². The highest BCUT2D eigenvalue weighted by Crippen LogP contribution is 2.37. The molecule has 2 aromatic heterocycles. The Morgan fingerprint density at radius 3 is 2.76 bits per heavy atom. The summed E-state index contributed by atoms with van der Waals surface area (Å²) in [6, 6.07) is 0.217. The van der Waals surface area contributed by atoms with Crippen LogP contribution in [0.4, 0.5) is 10.7 Å². The van der Waals surface area contributed by atoms with Crippen molar-refractivity contribution in [3.05, 3.63) is 22.6 Å². The van der Waals surface area contributed by atoms with E-state index in [1.165, 1.54) is 12.4 Å². The van der Waals surface area contributed by atoms with Crippen LogP contribution in [-0.4, -0.2) is 39.9 Å². The zero-order chi connectivity index (χ0) is 15.1. The average Bonchev–Trinajstić information content (AvgIpc) is 3.25. The lowest BCUT2D eigenvalue weighted by atomic mass is 10.3. The van der Waals surface area contributed by atoms with E-state index in [9.17, 15) is 9.59 Å². The molecule has 0 unspecified atom stereocenters. The lowest BCUT2D eigenvalue weighted by Gasteiger charge is -2.14. The summed E-state index contributed by atoms with van der Waals surface area (Å²) in [5, 5.41) is 8.97. The van der Waals surface area contributed by atoms with Gasteiger partial charge >= 0.3 is 6.16 Å². The standard InChI is InChI=1S/C13H14N4O4/c1-16(2)12-14-5-8-10(18)9(21-13(19)20)6-17(7-3-4-7)11(8)15-12/h5-7H,3-4H2,1-2H3,(H,19,20). The van der Waals surface area contributed by atoms with Crippen LogP contribution < -0.4 is 15.1 Å². The molecule has 0 atom stereocenters. The van der Waals surface area contributed by atoms with E-state index in [0.717, 1.165) is 12.8 Å². The molecule has 0 bridgehead atoms. The molecule has 2 heterocycles. The van der Waals surface area contributed by atoms with Crippen molar-refractivity contribution in [1.82, 2.24) is 14.5 Å². The quantitative estimate of drug-likeness (QED) is 0.849. The molecule has 1 aliphatic rings. The van der Waals surface area contributed by atoms with E-state index in [1.807, 2.05) is 14.1 Å². The van der Waals surface area contributed by atoms with Crippen LogP contribution in [0.1, 0.15) is 18.9 Å². The van der Waals surface area contributed by atoms with Gasteiger partial charge in [-0.3, -0.25) is 4.79 Å². The van der Waals surface area contributed by atoms with Crippen molar-refractivity contribution >= 4 is 23.1 Å². The topological polar surface area (TPSA) is 97.5 Å². The van der Waals surface area contributed by atoms with Crippen molar-refractivity contribution in [2.24, 2.45) is 0 Å². The predicted molar refractivity (Wildman–Crippen MR) is 75.0 cm³/mol. The van der Waals surface area contributed by atoms with Gasteiger partial charge in [0, 0.05) is 26.3 Å². The largest absolute Gasteiger partial charge is 0.511 e. The summed E-state index contributed by atoms with van der Waals surface area (Å²) in [7, 11) is 3.62. The molecule has 8 nitrogen and oxygen atoms in total. The van der Waals surface area contributed by atoms with Crippen LogP contribution in [0.3, 0.4) is 0 Å². The van der Waals surface area contributed by atoms with Gasteiger partial charge in [-0.25, -0.2) is 9.78 Å². The molecule has 8 heteroatoms. The molecule has 1 N–H and O–H groups in total. The Labute approximate surface area is 119 Å². The number of aromatic nitrogens is 3. The Bertz CT molecular complexity index is 780. The van der Waals surface area contributed by atoms with Gasteiger partial charge in [0.1, 0.15) is 5.65 Å². The van der Waals surface area contributed by atoms with Gasteiger partial charge in [0.2, 0.25) is 11.4 Å². The smallest absolute Gasteiger partial charge is 0.449 e. The second kappa shape index (κ2) is 4.72. The lowest BCUT2D eigenvalue weighted by Crippen LogP contribution is -2.19. The molecule has 0 radical (unpaired) electrons. The van der Waals surface area contributed by atoms with Crippen molar-refractivity contribution in [2.45, 2.75) is 18.9 Å². The third kappa shape index (κ3) is 2.39. The summed E-state index contributed by atoms with van der Waals surface area (Å²) in [5.74, 6) is 0.270. The molecule has 0 saturated heterocycles. The first-order chi connectivity index (χ1) is 9.97. The average molecular weight is 290 g/mol. The Morgan fingerprint density at radius 2 is 2.19 bits per heavy atom. The summed E-state index contributed by atoms with van der Waals surface area (Å²) >= 11 is 0. The normalized spacial score (nSPS) is 14.2. The molecule has 0 spiro atoms. The third-order valence-electron chi connectivity index (χ3n) is 3.26. The molecule has 21 heavy (non-hydrogen) atoms. The molecule has 2 aromatic rings. The zero-order valence-electron chi connectivity index (χ0n) is 11.6. The first kappa shape index (κ1) is 13.3. The molecule has 0 aliphatic heterocycles. The zero-order valence-corrected chi connectivity index (χ0v) is 11.6. The van der Waals surface area contributed by atoms with Crippen LogP contribution in [0, 0.1) is 0 Å². The molecular formula is C13H14N4O4. The number of anilines is 1. The number of fused-ring (bicyclic) bond motifs is 1. The van der Waals surface area contributed by atoms with E-state index in [4.69, 9.17) is 5.11 Å². The lowest BCUT2D eigenvalue weighted by molar-refractivity contribution is 0.143. The second-order valence-corrected chi connectivity index (χ2v) is 5.13. The maximum Gasteiger partial charge on any atom is 0.511 e. The van der Waals surface area contributed by atoms with Gasteiger partial charge in [0.15, 0.2) is 5.75 Å². The molecule has 0 amide bonds. The van der Waals surface area contributed by atoms with Gasteiger partial charge in [-0.15, -0.1) is 0 Å². The van der Waals surface area contributed by atoms with E-state index >= 15 is 0 Å².